The first kappa shape index (κ1) is 22.9. The zero-order valence-electron chi connectivity index (χ0n) is 19.0. The molecule has 0 atom stereocenters. The Balaban J connectivity index is 1.28. The summed E-state index contributed by atoms with van der Waals surface area (Å²) in [5, 5.41) is 9.26. The van der Waals surface area contributed by atoms with Gasteiger partial charge in [0.2, 0.25) is 11.2 Å². The number of aliphatic imine (C=N–C) groups is 1. The monoisotopic (exact) mass is 489 g/mol. The van der Waals surface area contributed by atoms with Crippen molar-refractivity contribution in [3.8, 4) is 0 Å². The summed E-state index contributed by atoms with van der Waals surface area (Å²) < 4.78 is 5.28. The van der Waals surface area contributed by atoms with E-state index in [2.05, 4.69) is 20.6 Å². The number of aromatic nitrogens is 2. The molecule has 1 aromatic heterocycles. The van der Waals surface area contributed by atoms with Gasteiger partial charge in [0.05, 0.1) is 29.3 Å². The normalized spacial score (nSPS) is 17.1. The maximum Gasteiger partial charge on any atom is 0.305 e. The summed E-state index contributed by atoms with van der Waals surface area (Å²) in [6, 6.07) is 18.8. The van der Waals surface area contributed by atoms with Crippen LogP contribution in [-0.4, -0.2) is 41.1 Å². The van der Waals surface area contributed by atoms with Crippen molar-refractivity contribution in [2.45, 2.75) is 19.3 Å². The highest BCUT2D eigenvalue weighted by Gasteiger charge is 2.32. The van der Waals surface area contributed by atoms with Crippen LogP contribution < -0.4 is 20.0 Å². The molecule has 178 valence electrons. The largest absolute Gasteiger partial charge is 0.305 e. The summed E-state index contributed by atoms with van der Waals surface area (Å²) in [5.74, 6) is -0.185. The van der Waals surface area contributed by atoms with Crippen LogP contribution >= 0.6 is 11.8 Å². The average Bonchev–Trinajstić information content (AvgIpc) is 3.49. The second-order valence-corrected chi connectivity index (χ2v) is 9.09. The van der Waals surface area contributed by atoms with Gasteiger partial charge in [-0.25, -0.2) is 4.99 Å². The summed E-state index contributed by atoms with van der Waals surface area (Å²) >= 11 is 1.19. The summed E-state index contributed by atoms with van der Waals surface area (Å²) in [5.41, 5.74) is 1.89. The minimum atomic E-state index is -0.277. The lowest BCUT2D eigenvalue weighted by molar-refractivity contribution is -0.759. The van der Waals surface area contributed by atoms with Gasteiger partial charge in [-0.3, -0.25) is 24.3 Å². The predicted octanol–water partition coefficient (Wildman–Crippen LogP) is 3.20. The second kappa shape index (κ2) is 10.6. The van der Waals surface area contributed by atoms with Crippen molar-refractivity contribution in [3.05, 3.63) is 78.1 Å². The number of hydrogen-bond acceptors (Lipinski definition) is 7. The SMILES string of the molecule is O=C(CSC1=N/C(=C/c2ccccc2)C(=O)N1c1ccccc1)Nc1c[n+](N2CCCCC2)no1. The molecule has 5 rings (SSSR count). The number of carbonyl (C=O) groups is 2. The fraction of sp³-hybridized carbons (Fsp3) is 0.240. The van der Waals surface area contributed by atoms with E-state index in [9.17, 15) is 9.59 Å². The Kier molecular flexibility index (Phi) is 6.89. The number of rotatable bonds is 6. The van der Waals surface area contributed by atoms with E-state index in [4.69, 9.17) is 4.52 Å². The lowest BCUT2D eigenvalue weighted by Crippen LogP contribution is -2.60. The molecule has 2 aliphatic heterocycles. The van der Waals surface area contributed by atoms with Crippen LogP contribution in [0.2, 0.25) is 0 Å². The molecule has 0 saturated carbocycles. The van der Waals surface area contributed by atoms with Crippen molar-refractivity contribution in [2.75, 3.05) is 34.1 Å². The smallest absolute Gasteiger partial charge is 0.288 e. The van der Waals surface area contributed by atoms with E-state index in [1.54, 1.807) is 17.1 Å². The quantitative estimate of drug-likeness (QED) is 0.422. The third kappa shape index (κ3) is 5.43. The molecule has 0 aliphatic carbocycles. The predicted molar refractivity (Wildman–Crippen MR) is 135 cm³/mol. The standard InChI is InChI=1S/C25H24N6O3S/c32-22(27-23-17-30(28-34-23)29-14-8-3-9-15-29)18-35-25-26-21(16-19-10-4-1-5-11-19)24(33)31(25)20-12-6-2-7-13-20/h1-2,4-7,10-13,16-17H,3,8-9,14-15,18H2/p+1/b21-16+. The van der Waals surface area contributed by atoms with Crippen LogP contribution in [0.5, 0.6) is 0 Å². The molecule has 3 heterocycles. The van der Waals surface area contributed by atoms with Gasteiger partial charge in [0, 0.05) is 0 Å². The molecule has 2 aliphatic rings. The van der Waals surface area contributed by atoms with E-state index in [-0.39, 0.29) is 23.5 Å². The van der Waals surface area contributed by atoms with E-state index < -0.39 is 0 Å². The Morgan fingerprint density at radius 1 is 1.06 bits per heavy atom. The highest BCUT2D eigenvalue weighted by molar-refractivity contribution is 8.14. The summed E-state index contributed by atoms with van der Waals surface area (Å²) in [6.45, 7) is 1.81. The summed E-state index contributed by atoms with van der Waals surface area (Å²) in [6.07, 6.45) is 6.85. The average molecular weight is 490 g/mol. The number of nitrogens with zero attached hydrogens (tertiary/aromatic N) is 5. The van der Waals surface area contributed by atoms with E-state index in [1.807, 2.05) is 60.7 Å². The van der Waals surface area contributed by atoms with Crippen LogP contribution in [0.4, 0.5) is 11.6 Å². The van der Waals surface area contributed by atoms with Crippen molar-refractivity contribution in [1.82, 2.24) is 5.27 Å². The Morgan fingerprint density at radius 2 is 1.77 bits per heavy atom. The van der Waals surface area contributed by atoms with Crippen molar-refractivity contribution in [3.63, 3.8) is 0 Å². The molecule has 10 heteroatoms. The maximum atomic E-state index is 13.2. The molecular formula is C25H25N6O3S+. The fourth-order valence-corrected chi connectivity index (χ4v) is 4.73. The number of nitrogens with one attached hydrogen (secondary N) is 1. The number of hydrogen-bond donors (Lipinski definition) is 1. The van der Waals surface area contributed by atoms with Crippen LogP contribution in [0.1, 0.15) is 24.8 Å². The Bertz CT molecular complexity index is 1250. The molecule has 35 heavy (non-hydrogen) atoms. The molecule has 9 nitrogen and oxygen atoms in total. The Hall–Kier alpha value is -3.92. The van der Waals surface area contributed by atoms with Crippen molar-refractivity contribution < 1.29 is 18.9 Å². The van der Waals surface area contributed by atoms with Crippen molar-refractivity contribution in [1.29, 1.82) is 0 Å². The Labute approximate surface area is 207 Å². The van der Waals surface area contributed by atoms with Crippen molar-refractivity contribution >= 4 is 46.4 Å². The minimum absolute atomic E-state index is 0.0540. The number of amides is 2. The molecule has 1 N–H and O–H groups in total. The number of thioether (sulfide) groups is 1. The van der Waals surface area contributed by atoms with Gasteiger partial charge in [-0.15, -0.1) is 0 Å². The molecule has 2 aromatic carbocycles. The van der Waals surface area contributed by atoms with Crippen LogP contribution in [0.3, 0.4) is 0 Å². The summed E-state index contributed by atoms with van der Waals surface area (Å²) in [4.78, 5) is 33.6. The molecule has 0 bridgehead atoms. The lowest BCUT2D eigenvalue weighted by Gasteiger charge is -2.17. The van der Waals surface area contributed by atoms with Crippen LogP contribution in [0.15, 0.2) is 82.1 Å². The molecule has 0 unspecified atom stereocenters. The zero-order valence-corrected chi connectivity index (χ0v) is 19.9. The van der Waals surface area contributed by atoms with Gasteiger partial charge >= 0.3 is 5.88 Å². The van der Waals surface area contributed by atoms with E-state index >= 15 is 0 Å². The fourth-order valence-electron chi connectivity index (χ4n) is 3.92. The van der Waals surface area contributed by atoms with Gasteiger partial charge < -0.3 is 0 Å². The Morgan fingerprint density at radius 3 is 2.51 bits per heavy atom. The minimum Gasteiger partial charge on any atom is -0.288 e. The molecule has 3 aromatic rings. The number of amidine groups is 1. The first-order valence-electron chi connectivity index (χ1n) is 11.5. The molecule has 0 radical (unpaired) electrons. The van der Waals surface area contributed by atoms with Crippen LogP contribution in [0.25, 0.3) is 6.08 Å². The van der Waals surface area contributed by atoms with Gasteiger partial charge in [0.1, 0.15) is 5.70 Å². The number of piperidine rings is 1. The number of carbonyl (C=O) groups excluding carboxylic acids is 2. The van der Waals surface area contributed by atoms with Crippen molar-refractivity contribution in [2.24, 2.45) is 4.99 Å². The third-order valence-corrected chi connectivity index (χ3v) is 6.56. The van der Waals surface area contributed by atoms with E-state index in [0.717, 1.165) is 31.5 Å². The third-order valence-electron chi connectivity index (χ3n) is 5.62. The van der Waals surface area contributed by atoms with E-state index in [1.165, 1.54) is 23.1 Å². The lowest BCUT2D eigenvalue weighted by atomic mass is 10.2. The van der Waals surface area contributed by atoms with Crippen LogP contribution in [-0.2, 0) is 9.59 Å². The van der Waals surface area contributed by atoms with Gasteiger partial charge in [0.15, 0.2) is 5.17 Å². The van der Waals surface area contributed by atoms with Gasteiger partial charge in [-0.1, -0.05) is 60.3 Å². The first-order valence-corrected chi connectivity index (χ1v) is 12.5. The second-order valence-electron chi connectivity index (χ2n) is 8.15. The molecule has 0 spiro atoms. The number of para-hydroxylation sites is 1. The van der Waals surface area contributed by atoms with Gasteiger partial charge in [-0.2, -0.15) is 5.01 Å². The first-order chi connectivity index (χ1) is 17.2. The molecule has 1 saturated heterocycles. The molecule has 2 amide bonds. The maximum absolute atomic E-state index is 13.2. The topological polar surface area (TPSA) is 94.9 Å². The number of anilines is 2. The highest BCUT2D eigenvalue weighted by atomic mass is 32.2. The van der Waals surface area contributed by atoms with E-state index in [0.29, 0.717) is 16.6 Å². The van der Waals surface area contributed by atoms with Gasteiger partial charge in [-0.05, 0) is 43.0 Å². The molecular weight excluding hydrogens is 464 g/mol. The number of benzene rings is 2. The molecule has 1 fully saturated rings. The van der Waals surface area contributed by atoms with Gasteiger partial charge in [0.25, 0.3) is 12.1 Å². The van der Waals surface area contributed by atoms with Crippen LogP contribution in [0, 0.1) is 0 Å². The highest BCUT2D eigenvalue weighted by Crippen LogP contribution is 2.29. The summed E-state index contributed by atoms with van der Waals surface area (Å²) in [7, 11) is 0. The zero-order chi connectivity index (χ0) is 24.0.